The minimum Gasteiger partial charge on any atom is -0.373 e. The molecule has 2 atom stereocenters. The first-order valence-corrected chi connectivity index (χ1v) is 11.4. The third-order valence-corrected chi connectivity index (χ3v) is 6.05. The molecular weight excluding hydrogens is 505 g/mol. The highest BCUT2D eigenvalue weighted by molar-refractivity contribution is 14.0. The van der Waals surface area contributed by atoms with Crippen molar-refractivity contribution < 1.29 is 9.53 Å². The molecule has 1 aliphatic carbocycles. The Morgan fingerprint density at radius 1 is 1.23 bits per heavy atom. The van der Waals surface area contributed by atoms with Gasteiger partial charge in [0.1, 0.15) is 0 Å². The highest BCUT2D eigenvalue weighted by Gasteiger charge is 2.41. The van der Waals surface area contributed by atoms with Crippen LogP contribution >= 0.6 is 24.0 Å². The zero-order valence-electron chi connectivity index (χ0n) is 18.5. The zero-order chi connectivity index (χ0) is 20.8. The number of fused-ring (bicyclic) bond motifs is 1. The van der Waals surface area contributed by atoms with Crippen LogP contribution in [0.25, 0.3) is 0 Å². The number of nitrogens with zero attached hydrogens (tertiary/aromatic N) is 3. The Morgan fingerprint density at radius 3 is 2.77 bits per heavy atom. The summed E-state index contributed by atoms with van der Waals surface area (Å²) >= 11 is 0. The molecule has 1 saturated carbocycles. The van der Waals surface area contributed by atoms with Crippen molar-refractivity contribution in [1.82, 2.24) is 20.4 Å². The first kappa shape index (κ1) is 24.3. The highest BCUT2D eigenvalue weighted by atomic mass is 127. The van der Waals surface area contributed by atoms with Crippen molar-refractivity contribution in [3.05, 3.63) is 35.9 Å². The highest BCUT2D eigenvalue weighted by Crippen LogP contribution is 2.24. The maximum Gasteiger partial charge on any atom is 0.220 e. The van der Waals surface area contributed by atoms with E-state index >= 15 is 0 Å². The number of benzene rings is 1. The number of hydrogen-bond donors (Lipinski definition) is 2. The zero-order valence-corrected chi connectivity index (χ0v) is 20.8. The number of guanidine groups is 1. The van der Waals surface area contributed by atoms with Crippen LogP contribution in [-0.4, -0.2) is 79.2 Å². The molecule has 0 radical (unpaired) electrons. The Balaban J connectivity index is 0.00000272. The topological polar surface area (TPSA) is 69.2 Å². The minimum absolute atomic E-state index is 0. The Hall–Kier alpha value is -1.39. The monoisotopic (exact) mass is 541 g/mol. The molecule has 172 valence electrons. The molecule has 0 spiro atoms. The molecule has 3 aliphatic rings. The van der Waals surface area contributed by atoms with E-state index in [2.05, 4.69) is 57.7 Å². The van der Waals surface area contributed by atoms with Crippen molar-refractivity contribution in [3.63, 3.8) is 0 Å². The van der Waals surface area contributed by atoms with E-state index in [0.29, 0.717) is 25.0 Å². The van der Waals surface area contributed by atoms with Gasteiger partial charge in [-0.2, -0.15) is 0 Å². The third-order valence-electron chi connectivity index (χ3n) is 6.05. The number of carbonyl (C=O) groups excluding carboxylic acids is 1. The van der Waals surface area contributed by atoms with Gasteiger partial charge in [-0.15, -0.1) is 24.0 Å². The largest absolute Gasteiger partial charge is 0.373 e. The van der Waals surface area contributed by atoms with Gasteiger partial charge >= 0.3 is 0 Å². The van der Waals surface area contributed by atoms with Crippen LogP contribution in [0.3, 0.4) is 0 Å². The smallest absolute Gasteiger partial charge is 0.220 e. The van der Waals surface area contributed by atoms with Gasteiger partial charge in [-0.25, -0.2) is 0 Å². The number of nitrogens with one attached hydrogen (secondary N) is 2. The summed E-state index contributed by atoms with van der Waals surface area (Å²) in [5.41, 5.74) is 1.35. The number of morpholine rings is 1. The fourth-order valence-electron chi connectivity index (χ4n) is 4.32. The molecule has 2 saturated heterocycles. The average Bonchev–Trinajstić information content (AvgIpc) is 3.45. The maximum absolute atomic E-state index is 11.9. The van der Waals surface area contributed by atoms with Gasteiger partial charge in [0.2, 0.25) is 5.91 Å². The van der Waals surface area contributed by atoms with Crippen molar-refractivity contribution in [3.8, 4) is 0 Å². The van der Waals surface area contributed by atoms with E-state index in [9.17, 15) is 4.79 Å². The second-order valence-electron chi connectivity index (χ2n) is 8.52. The molecule has 0 bridgehead atoms. The summed E-state index contributed by atoms with van der Waals surface area (Å²) in [6.45, 7) is 8.10. The van der Waals surface area contributed by atoms with Gasteiger partial charge in [-0.05, 0) is 31.7 Å². The van der Waals surface area contributed by atoms with Gasteiger partial charge in [0.25, 0.3) is 0 Å². The lowest BCUT2D eigenvalue weighted by Gasteiger charge is -2.36. The molecule has 2 N–H and O–H groups in total. The molecule has 0 aromatic heterocycles. The Labute approximate surface area is 203 Å². The molecule has 31 heavy (non-hydrogen) atoms. The lowest BCUT2D eigenvalue weighted by molar-refractivity contribution is -0.121. The van der Waals surface area contributed by atoms with E-state index in [4.69, 9.17) is 9.73 Å². The van der Waals surface area contributed by atoms with Gasteiger partial charge in [-0.1, -0.05) is 30.3 Å². The standard InChI is InChI=1S/C23H35N5O2.HI/c1-2-24-23(25-12-6-9-22(29)26-19-10-11-19)28-16-20-21(17-28)30-14-13-27(20)15-18-7-4-3-5-8-18;/h3-5,7-8,19-21H,2,6,9-17H2,1H3,(H,24,25)(H,26,29);1H. The molecule has 4 rings (SSSR count). The fourth-order valence-corrected chi connectivity index (χ4v) is 4.32. The van der Waals surface area contributed by atoms with Crippen LogP contribution < -0.4 is 10.6 Å². The number of aliphatic imine (C=N–C) groups is 1. The molecule has 7 nitrogen and oxygen atoms in total. The van der Waals surface area contributed by atoms with Crippen LogP contribution in [0, 0.1) is 0 Å². The van der Waals surface area contributed by atoms with Gasteiger partial charge in [0.15, 0.2) is 5.96 Å². The summed E-state index contributed by atoms with van der Waals surface area (Å²) in [4.78, 5) is 21.6. The van der Waals surface area contributed by atoms with E-state index in [1.165, 1.54) is 5.56 Å². The van der Waals surface area contributed by atoms with Crippen molar-refractivity contribution in [2.45, 2.75) is 57.3 Å². The summed E-state index contributed by atoms with van der Waals surface area (Å²) in [5.74, 6) is 1.10. The van der Waals surface area contributed by atoms with Crippen LogP contribution in [0.5, 0.6) is 0 Å². The van der Waals surface area contributed by atoms with Crippen molar-refractivity contribution in [2.75, 3.05) is 39.3 Å². The van der Waals surface area contributed by atoms with E-state index in [1.807, 2.05) is 0 Å². The Kier molecular flexibility index (Phi) is 9.40. The number of carbonyl (C=O) groups is 1. The number of rotatable bonds is 8. The summed E-state index contributed by atoms with van der Waals surface area (Å²) in [5, 5.41) is 6.48. The molecule has 3 fully saturated rings. The van der Waals surface area contributed by atoms with E-state index in [0.717, 1.165) is 64.6 Å². The van der Waals surface area contributed by atoms with Crippen molar-refractivity contribution in [1.29, 1.82) is 0 Å². The SMILES string of the molecule is CCNC(=NCCCC(=O)NC1CC1)N1CC2OCCN(Cc3ccccc3)C2C1.I. The van der Waals surface area contributed by atoms with Gasteiger partial charge in [0.05, 0.1) is 18.8 Å². The van der Waals surface area contributed by atoms with Crippen LogP contribution in [0.1, 0.15) is 38.2 Å². The predicted octanol–water partition coefficient (Wildman–Crippen LogP) is 2.21. The first-order valence-electron chi connectivity index (χ1n) is 11.4. The lowest BCUT2D eigenvalue weighted by Crippen LogP contribution is -2.50. The van der Waals surface area contributed by atoms with Gasteiger partial charge < -0.3 is 20.3 Å². The lowest BCUT2D eigenvalue weighted by atomic mass is 10.1. The predicted molar refractivity (Wildman–Crippen MR) is 134 cm³/mol. The number of ether oxygens (including phenoxy) is 1. The quantitative estimate of drug-likeness (QED) is 0.229. The van der Waals surface area contributed by atoms with Crippen molar-refractivity contribution in [2.24, 2.45) is 4.99 Å². The molecule has 2 aliphatic heterocycles. The normalized spacial score (nSPS) is 23.8. The minimum atomic E-state index is 0. The van der Waals surface area contributed by atoms with Crippen LogP contribution in [-0.2, 0) is 16.1 Å². The molecule has 8 heteroatoms. The Bertz CT molecular complexity index is 728. The number of halogens is 1. The van der Waals surface area contributed by atoms with Crippen LogP contribution in [0.4, 0.5) is 0 Å². The molecule has 2 unspecified atom stereocenters. The maximum atomic E-state index is 11.9. The number of hydrogen-bond acceptors (Lipinski definition) is 4. The van der Waals surface area contributed by atoms with Crippen LogP contribution in [0.2, 0.25) is 0 Å². The van der Waals surface area contributed by atoms with Gasteiger partial charge in [0, 0.05) is 51.7 Å². The third kappa shape index (κ3) is 7.05. The van der Waals surface area contributed by atoms with Gasteiger partial charge in [-0.3, -0.25) is 14.7 Å². The molecule has 2 heterocycles. The van der Waals surface area contributed by atoms with E-state index in [1.54, 1.807) is 0 Å². The second kappa shape index (κ2) is 12.0. The molecular formula is C23H36IN5O2. The fraction of sp³-hybridized carbons (Fsp3) is 0.652. The van der Waals surface area contributed by atoms with Crippen molar-refractivity contribution >= 4 is 35.8 Å². The summed E-state index contributed by atoms with van der Waals surface area (Å²) in [6.07, 6.45) is 3.82. The van der Waals surface area contributed by atoms with E-state index < -0.39 is 0 Å². The second-order valence-corrected chi connectivity index (χ2v) is 8.52. The summed E-state index contributed by atoms with van der Waals surface area (Å²) in [7, 11) is 0. The van der Waals surface area contributed by atoms with E-state index in [-0.39, 0.29) is 36.0 Å². The molecule has 1 amide bonds. The first-order chi connectivity index (χ1) is 14.7. The molecule has 1 aromatic rings. The summed E-state index contributed by atoms with van der Waals surface area (Å²) < 4.78 is 6.11. The Morgan fingerprint density at radius 2 is 2.03 bits per heavy atom. The molecule has 1 aromatic carbocycles. The van der Waals surface area contributed by atoms with Crippen LogP contribution in [0.15, 0.2) is 35.3 Å². The summed E-state index contributed by atoms with van der Waals surface area (Å²) in [6, 6.07) is 11.5. The average molecular weight is 541 g/mol. The number of likely N-dealkylation sites (tertiary alicyclic amines) is 1. The number of amides is 1.